The maximum Gasteiger partial charge on any atom is 0.253 e. The minimum atomic E-state index is 0.0894. The molecule has 6 nitrogen and oxygen atoms in total. The van der Waals surface area contributed by atoms with E-state index in [0.717, 1.165) is 48.6 Å². The predicted octanol–water partition coefficient (Wildman–Crippen LogP) is 3.67. The summed E-state index contributed by atoms with van der Waals surface area (Å²) in [4.78, 5) is 27.2. The van der Waals surface area contributed by atoms with Crippen LogP contribution in [-0.4, -0.2) is 43.4 Å². The second-order valence-electron chi connectivity index (χ2n) is 7.43. The van der Waals surface area contributed by atoms with Crippen LogP contribution in [0.1, 0.15) is 60.7 Å². The standard InChI is InChI=1S/C20H25N5O/c1-13(2)25-10-8-21-19(25)16-5-4-9-24(12-16)20(26)15-6-7-17-18(11-15)23-14(3)22-17/h6-8,10-11,13,16H,4-5,9,12H2,1-3H3,(H,22,23). The van der Waals surface area contributed by atoms with Crippen LogP contribution in [0, 0.1) is 6.92 Å². The molecule has 0 bridgehead atoms. The van der Waals surface area contributed by atoms with Crippen molar-refractivity contribution in [1.82, 2.24) is 24.4 Å². The van der Waals surface area contributed by atoms with Gasteiger partial charge in [0.05, 0.1) is 11.0 Å². The first-order valence-electron chi connectivity index (χ1n) is 9.31. The monoisotopic (exact) mass is 351 g/mol. The molecular formula is C20H25N5O. The zero-order valence-corrected chi connectivity index (χ0v) is 15.6. The Hall–Kier alpha value is -2.63. The van der Waals surface area contributed by atoms with Crippen LogP contribution in [0.2, 0.25) is 0 Å². The molecule has 136 valence electrons. The van der Waals surface area contributed by atoms with E-state index >= 15 is 0 Å². The lowest BCUT2D eigenvalue weighted by Crippen LogP contribution is -2.39. The number of aryl methyl sites for hydroxylation is 1. The van der Waals surface area contributed by atoms with E-state index in [0.29, 0.717) is 17.5 Å². The molecule has 0 saturated carbocycles. The molecule has 4 rings (SSSR count). The van der Waals surface area contributed by atoms with Crippen LogP contribution in [0.25, 0.3) is 11.0 Å². The fraction of sp³-hybridized carbons (Fsp3) is 0.450. The van der Waals surface area contributed by atoms with E-state index < -0.39 is 0 Å². The van der Waals surface area contributed by atoms with Gasteiger partial charge in [-0.3, -0.25) is 4.79 Å². The van der Waals surface area contributed by atoms with Crippen LogP contribution in [0.3, 0.4) is 0 Å². The van der Waals surface area contributed by atoms with Crippen LogP contribution in [0.4, 0.5) is 0 Å². The summed E-state index contributed by atoms with van der Waals surface area (Å²) in [6, 6.07) is 6.09. The lowest BCUT2D eigenvalue weighted by atomic mass is 9.96. The summed E-state index contributed by atoms with van der Waals surface area (Å²) >= 11 is 0. The second-order valence-corrected chi connectivity index (χ2v) is 7.43. The minimum absolute atomic E-state index is 0.0894. The van der Waals surface area contributed by atoms with E-state index in [1.165, 1.54) is 0 Å². The first kappa shape index (κ1) is 16.8. The molecule has 1 unspecified atom stereocenters. The normalized spacial score (nSPS) is 18.0. The molecule has 2 aromatic heterocycles. The Bertz CT molecular complexity index is 939. The number of H-pyrrole nitrogens is 1. The molecule has 6 heteroatoms. The van der Waals surface area contributed by atoms with E-state index in [4.69, 9.17) is 0 Å². The Kier molecular flexibility index (Phi) is 4.26. The molecule has 1 amide bonds. The highest BCUT2D eigenvalue weighted by Gasteiger charge is 2.28. The zero-order chi connectivity index (χ0) is 18.3. The van der Waals surface area contributed by atoms with Crippen molar-refractivity contribution in [2.45, 2.75) is 45.6 Å². The van der Waals surface area contributed by atoms with Gasteiger partial charge >= 0.3 is 0 Å². The summed E-state index contributed by atoms with van der Waals surface area (Å²) in [5.41, 5.74) is 2.53. The third kappa shape index (κ3) is 3.00. The number of rotatable bonds is 3. The van der Waals surface area contributed by atoms with E-state index in [1.54, 1.807) is 0 Å². The van der Waals surface area contributed by atoms with E-state index in [2.05, 4.69) is 33.4 Å². The maximum absolute atomic E-state index is 13.0. The average Bonchev–Trinajstić information content (AvgIpc) is 3.26. The lowest BCUT2D eigenvalue weighted by Gasteiger charge is -2.33. The van der Waals surface area contributed by atoms with Crippen molar-refractivity contribution in [2.24, 2.45) is 0 Å². The number of carbonyl (C=O) groups excluding carboxylic acids is 1. The summed E-state index contributed by atoms with van der Waals surface area (Å²) in [6.45, 7) is 7.78. The van der Waals surface area contributed by atoms with Crippen molar-refractivity contribution in [3.63, 3.8) is 0 Å². The number of fused-ring (bicyclic) bond motifs is 1. The summed E-state index contributed by atoms with van der Waals surface area (Å²) in [7, 11) is 0. The topological polar surface area (TPSA) is 66.8 Å². The number of amides is 1. The van der Waals surface area contributed by atoms with E-state index in [9.17, 15) is 4.79 Å². The average molecular weight is 351 g/mol. The summed E-state index contributed by atoms with van der Waals surface area (Å²) < 4.78 is 2.22. The van der Waals surface area contributed by atoms with Gasteiger partial charge in [0.2, 0.25) is 0 Å². The van der Waals surface area contributed by atoms with Gasteiger partial charge in [0.25, 0.3) is 5.91 Å². The number of hydrogen-bond donors (Lipinski definition) is 1. The van der Waals surface area contributed by atoms with Crippen LogP contribution < -0.4 is 0 Å². The number of nitrogens with one attached hydrogen (secondary N) is 1. The van der Waals surface area contributed by atoms with Crippen molar-refractivity contribution in [2.75, 3.05) is 13.1 Å². The van der Waals surface area contributed by atoms with Crippen LogP contribution in [0.5, 0.6) is 0 Å². The van der Waals surface area contributed by atoms with Gasteiger partial charge in [-0.2, -0.15) is 0 Å². The number of piperidine rings is 1. The fourth-order valence-corrected chi connectivity index (χ4v) is 3.90. The SMILES string of the molecule is Cc1nc2ccc(C(=O)N3CCCC(c4nccn4C(C)C)C3)cc2[nH]1. The quantitative estimate of drug-likeness (QED) is 0.783. The number of aromatic amines is 1. The van der Waals surface area contributed by atoms with Crippen molar-refractivity contribution >= 4 is 16.9 Å². The summed E-state index contributed by atoms with van der Waals surface area (Å²) in [5.74, 6) is 2.34. The Morgan fingerprint density at radius 2 is 2.19 bits per heavy atom. The summed E-state index contributed by atoms with van der Waals surface area (Å²) in [6.07, 6.45) is 5.99. The van der Waals surface area contributed by atoms with Gasteiger partial charge in [0.15, 0.2) is 0 Å². The third-order valence-electron chi connectivity index (χ3n) is 5.18. The molecule has 3 heterocycles. The maximum atomic E-state index is 13.0. The van der Waals surface area contributed by atoms with Gasteiger partial charge in [-0.15, -0.1) is 0 Å². The fourth-order valence-electron chi connectivity index (χ4n) is 3.90. The number of imidazole rings is 2. The molecule has 0 aliphatic carbocycles. The van der Waals surface area contributed by atoms with Gasteiger partial charge in [-0.05, 0) is 51.8 Å². The molecule has 1 fully saturated rings. The van der Waals surface area contributed by atoms with Gasteiger partial charge in [0.1, 0.15) is 11.6 Å². The highest BCUT2D eigenvalue weighted by molar-refractivity contribution is 5.97. The van der Waals surface area contributed by atoms with E-state index in [1.807, 2.05) is 42.4 Å². The number of carbonyl (C=O) groups is 1. The van der Waals surface area contributed by atoms with Crippen molar-refractivity contribution < 1.29 is 4.79 Å². The molecular weight excluding hydrogens is 326 g/mol. The number of hydrogen-bond acceptors (Lipinski definition) is 3. The van der Waals surface area contributed by atoms with Crippen molar-refractivity contribution in [3.8, 4) is 0 Å². The number of benzene rings is 1. The molecule has 26 heavy (non-hydrogen) atoms. The smallest absolute Gasteiger partial charge is 0.253 e. The third-order valence-corrected chi connectivity index (χ3v) is 5.18. The molecule has 1 N–H and O–H groups in total. The van der Waals surface area contributed by atoms with Gasteiger partial charge in [-0.1, -0.05) is 0 Å². The number of likely N-dealkylation sites (tertiary alicyclic amines) is 1. The molecule has 0 radical (unpaired) electrons. The molecule has 1 saturated heterocycles. The molecule has 3 aromatic rings. The first-order valence-corrected chi connectivity index (χ1v) is 9.31. The minimum Gasteiger partial charge on any atom is -0.342 e. The van der Waals surface area contributed by atoms with Crippen LogP contribution >= 0.6 is 0 Å². The zero-order valence-electron chi connectivity index (χ0n) is 15.6. The van der Waals surface area contributed by atoms with Gasteiger partial charge < -0.3 is 14.5 Å². The Balaban J connectivity index is 1.56. The molecule has 0 spiro atoms. The van der Waals surface area contributed by atoms with Crippen LogP contribution in [0.15, 0.2) is 30.6 Å². The van der Waals surface area contributed by atoms with Crippen molar-refractivity contribution in [3.05, 3.63) is 47.8 Å². The van der Waals surface area contributed by atoms with E-state index in [-0.39, 0.29) is 5.91 Å². The Labute approximate surface area is 153 Å². The van der Waals surface area contributed by atoms with Gasteiger partial charge in [-0.25, -0.2) is 9.97 Å². The molecule has 1 atom stereocenters. The molecule has 1 aromatic carbocycles. The lowest BCUT2D eigenvalue weighted by molar-refractivity contribution is 0.0703. The number of aromatic nitrogens is 4. The number of nitrogens with zero attached hydrogens (tertiary/aromatic N) is 4. The van der Waals surface area contributed by atoms with Crippen LogP contribution in [-0.2, 0) is 0 Å². The summed E-state index contributed by atoms with van der Waals surface area (Å²) in [5, 5.41) is 0. The Morgan fingerprint density at radius 3 is 3.00 bits per heavy atom. The van der Waals surface area contributed by atoms with Gasteiger partial charge in [0, 0.05) is 43.0 Å². The molecule has 1 aliphatic heterocycles. The molecule has 1 aliphatic rings. The highest BCUT2D eigenvalue weighted by atomic mass is 16.2. The van der Waals surface area contributed by atoms with Crippen molar-refractivity contribution in [1.29, 1.82) is 0 Å². The Morgan fingerprint density at radius 1 is 1.35 bits per heavy atom. The second kappa shape index (κ2) is 6.59. The highest BCUT2D eigenvalue weighted by Crippen LogP contribution is 2.28. The largest absolute Gasteiger partial charge is 0.342 e. The predicted molar refractivity (Wildman–Crippen MR) is 101 cm³/mol. The first-order chi connectivity index (χ1) is 12.5.